The monoisotopic (exact) mass is 389 g/mol. The number of halogens is 1. The van der Waals surface area contributed by atoms with Crippen molar-refractivity contribution in [2.45, 2.75) is 0 Å². The number of benzene rings is 2. The van der Waals surface area contributed by atoms with Crippen molar-refractivity contribution in [3.63, 3.8) is 0 Å². The first-order valence-electron chi connectivity index (χ1n) is 7.64. The van der Waals surface area contributed by atoms with Gasteiger partial charge in [0.05, 0.1) is 12.4 Å². The van der Waals surface area contributed by atoms with Gasteiger partial charge in [-0.15, -0.1) is 0 Å². The molecule has 0 amide bonds. The summed E-state index contributed by atoms with van der Waals surface area (Å²) in [4.78, 5) is 22.4. The van der Waals surface area contributed by atoms with Crippen LogP contribution in [-0.4, -0.2) is 24.9 Å². The van der Waals surface area contributed by atoms with E-state index < -0.39 is 0 Å². The van der Waals surface area contributed by atoms with Crippen LogP contribution < -0.4 is 0 Å². The molecule has 2 aromatic carbocycles. The molecule has 0 atom stereocenters. The van der Waals surface area contributed by atoms with Gasteiger partial charge in [-0.3, -0.25) is 0 Å². The Bertz CT molecular complexity index is 931. The summed E-state index contributed by atoms with van der Waals surface area (Å²) in [5.74, 6) is 1.70. The summed E-state index contributed by atoms with van der Waals surface area (Å²) in [6.07, 6.45) is 3.27. The Labute approximate surface area is 153 Å². The summed E-state index contributed by atoms with van der Waals surface area (Å²) in [5, 5.41) is 0. The molecule has 0 aliphatic carbocycles. The predicted molar refractivity (Wildman–Crippen MR) is 99.4 cm³/mol. The second-order valence-electron chi connectivity index (χ2n) is 5.26. The molecule has 0 N–H and O–H groups in total. The summed E-state index contributed by atoms with van der Waals surface area (Å²) < 4.78 is 0.664. The van der Waals surface area contributed by atoms with Gasteiger partial charge in [0.2, 0.25) is 0 Å². The molecule has 0 aliphatic heterocycles. The number of nitrogens with zero attached hydrogens (tertiary/aromatic N) is 5. The van der Waals surface area contributed by atoms with Crippen molar-refractivity contribution in [1.29, 1.82) is 0 Å². The molecule has 25 heavy (non-hydrogen) atoms. The molecule has 2 aromatic heterocycles. The van der Waals surface area contributed by atoms with Gasteiger partial charge in [0.15, 0.2) is 17.5 Å². The maximum atomic E-state index is 4.64. The van der Waals surface area contributed by atoms with Crippen LogP contribution in [0.2, 0.25) is 0 Å². The summed E-state index contributed by atoms with van der Waals surface area (Å²) in [6, 6.07) is 19.7. The van der Waals surface area contributed by atoms with Crippen LogP contribution in [0.15, 0.2) is 77.7 Å². The van der Waals surface area contributed by atoms with Crippen LogP contribution in [0.4, 0.5) is 0 Å². The maximum absolute atomic E-state index is 4.64. The minimum atomic E-state index is 0.493. The van der Waals surface area contributed by atoms with Gasteiger partial charge in [0.1, 0.15) is 10.3 Å². The zero-order valence-electron chi connectivity index (χ0n) is 13.0. The van der Waals surface area contributed by atoms with Gasteiger partial charge in [0.25, 0.3) is 0 Å². The van der Waals surface area contributed by atoms with Crippen LogP contribution in [0.3, 0.4) is 0 Å². The zero-order chi connectivity index (χ0) is 17.1. The Morgan fingerprint density at radius 3 is 1.56 bits per heavy atom. The first-order chi connectivity index (χ1) is 12.3. The molecule has 0 saturated carbocycles. The molecule has 0 aliphatic rings. The van der Waals surface area contributed by atoms with Crippen LogP contribution in [-0.2, 0) is 0 Å². The third-order valence-corrected chi connectivity index (χ3v) is 3.96. The highest BCUT2D eigenvalue weighted by Crippen LogP contribution is 2.23. The van der Waals surface area contributed by atoms with Crippen molar-refractivity contribution in [1.82, 2.24) is 24.9 Å². The Kier molecular flexibility index (Phi) is 4.26. The summed E-state index contributed by atoms with van der Waals surface area (Å²) in [5.41, 5.74) is 2.45. The van der Waals surface area contributed by atoms with Crippen molar-refractivity contribution in [2.75, 3.05) is 0 Å². The smallest absolute Gasteiger partial charge is 0.184 e. The van der Waals surface area contributed by atoms with E-state index in [0.717, 1.165) is 11.1 Å². The molecule has 0 spiro atoms. The number of aromatic nitrogens is 5. The van der Waals surface area contributed by atoms with Crippen molar-refractivity contribution in [2.24, 2.45) is 0 Å². The minimum Gasteiger partial charge on any atom is -0.248 e. The van der Waals surface area contributed by atoms with E-state index in [1.54, 1.807) is 12.4 Å². The predicted octanol–water partition coefficient (Wildman–Crippen LogP) is 4.43. The average Bonchev–Trinajstić information content (AvgIpc) is 2.69. The van der Waals surface area contributed by atoms with E-state index >= 15 is 0 Å². The molecule has 2 heterocycles. The van der Waals surface area contributed by atoms with E-state index in [1.165, 1.54) is 0 Å². The summed E-state index contributed by atoms with van der Waals surface area (Å²) in [6.45, 7) is 0. The van der Waals surface area contributed by atoms with Crippen LogP contribution in [0.25, 0.3) is 34.3 Å². The second-order valence-corrected chi connectivity index (χ2v) is 6.08. The lowest BCUT2D eigenvalue weighted by molar-refractivity contribution is 1.04. The van der Waals surface area contributed by atoms with E-state index in [1.807, 2.05) is 60.7 Å². The fraction of sp³-hybridized carbons (Fsp3) is 0. The number of hydrogen-bond acceptors (Lipinski definition) is 5. The van der Waals surface area contributed by atoms with Gasteiger partial charge < -0.3 is 0 Å². The first kappa shape index (κ1) is 15.5. The molecular weight excluding hydrogens is 378 g/mol. The third-order valence-electron chi connectivity index (χ3n) is 3.55. The van der Waals surface area contributed by atoms with Crippen molar-refractivity contribution in [3.05, 3.63) is 77.7 Å². The molecule has 0 bridgehead atoms. The van der Waals surface area contributed by atoms with E-state index in [-0.39, 0.29) is 0 Å². The Morgan fingerprint density at radius 2 is 1.08 bits per heavy atom. The van der Waals surface area contributed by atoms with E-state index in [2.05, 4.69) is 40.8 Å². The van der Waals surface area contributed by atoms with Crippen molar-refractivity contribution >= 4 is 15.9 Å². The van der Waals surface area contributed by atoms with Crippen LogP contribution in [0.1, 0.15) is 0 Å². The minimum absolute atomic E-state index is 0.493. The molecule has 0 saturated heterocycles. The van der Waals surface area contributed by atoms with E-state index in [0.29, 0.717) is 27.8 Å². The zero-order valence-corrected chi connectivity index (χ0v) is 14.6. The third kappa shape index (κ3) is 3.44. The van der Waals surface area contributed by atoms with Gasteiger partial charge in [-0.2, -0.15) is 0 Å². The lowest BCUT2D eigenvalue weighted by Gasteiger charge is -2.07. The average molecular weight is 390 g/mol. The van der Waals surface area contributed by atoms with Crippen LogP contribution in [0, 0.1) is 0 Å². The topological polar surface area (TPSA) is 64.5 Å². The summed E-state index contributed by atoms with van der Waals surface area (Å²) in [7, 11) is 0. The molecule has 0 fully saturated rings. The highest BCUT2D eigenvalue weighted by atomic mass is 79.9. The molecular formula is C19H12BrN5. The molecule has 0 radical (unpaired) electrons. The number of hydrogen-bond donors (Lipinski definition) is 0. The molecule has 4 rings (SSSR count). The fourth-order valence-electron chi connectivity index (χ4n) is 2.35. The summed E-state index contributed by atoms with van der Waals surface area (Å²) >= 11 is 3.29. The highest BCUT2D eigenvalue weighted by Gasteiger charge is 2.12. The van der Waals surface area contributed by atoms with E-state index in [4.69, 9.17) is 0 Å². The Balaban J connectivity index is 1.90. The Hall–Kier alpha value is -2.99. The molecule has 0 unspecified atom stereocenters. The normalized spacial score (nSPS) is 10.6. The second kappa shape index (κ2) is 6.86. The molecule has 5 nitrogen and oxygen atoms in total. The number of rotatable bonds is 3. The van der Waals surface area contributed by atoms with Gasteiger partial charge in [-0.05, 0) is 15.9 Å². The molecule has 6 heteroatoms. The van der Waals surface area contributed by atoms with Gasteiger partial charge in [-0.1, -0.05) is 60.7 Å². The fourth-order valence-corrected chi connectivity index (χ4v) is 2.56. The highest BCUT2D eigenvalue weighted by molar-refractivity contribution is 9.10. The van der Waals surface area contributed by atoms with Crippen molar-refractivity contribution in [3.8, 4) is 34.3 Å². The standard InChI is InChI=1S/C19H12BrN5/c20-16-12-21-15(11-22-16)19-24-17(13-7-3-1-4-8-13)23-18(25-19)14-9-5-2-6-10-14/h1-12H. The van der Waals surface area contributed by atoms with Crippen LogP contribution >= 0.6 is 15.9 Å². The largest absolute Gasteiger partial charge is 0.248 e. The molecule has 120 valence electrons. The Morgan fingerprint density at radius 1 is 0.560 bits per heavy atom. The van der Waals surface area contributed by atoms with Crippen molar-refractivity contribution < 1.29 is 0 Å². The van der Waals surface area contributed by atoms with Gasteiger partial charge >= 0.3 is 0 Å². The van der Waals surface area contributed by atoms with E-state index in [9.17, 15) is 0 Å². The quantitative estimate of drug-likeness (QED) is 0.518. The maximum Gasteiger partial charge on any atom is 0.184 e. The van der Waals surface area contributed by atoms with Gasteiger partial charge in [0, 0.05) is 11.1 Å². The molecule has 4 aromatic rings. The van der Waals surface area contributed by atoms with Crippen LogP contribution in [0.5, 0.6) is 0 Å². The lowest BCUT2D eigenvalue weighted by Crippen LogP contribution is -2.01. The lowest BCUT2D eigenvalue weighted by atomic mass is 10.2. The first-order valence-corrected chi connectivity index (χ1v) is 8.44. The van der Waals surface area contributed by atoms with Gasteiger partial charge in [-0.25, -0.2) is 24.9 Å². The SMILES string of the molecule is Brc1cnc(-c2nc(-c3ccccc3)nc(-c3ccccc3)n2)cn1.